The smallest absolute Gasteiger partial charge is 0.326 e. The molecular formula is C15H20N6O6. The molecule has 1 atom stereocenters. The van der Waals surface area contributed by atoms with Gasteiger partial charge in [-0.3, -0.25) is 9.59 Å². The molecule has 0 heterocycles. The lowest BCUT2D eigenvalue weighted by Crippen LogP contribution is -2.45. The first-order valence-electron chi connectivity index (χ1n) is 7.86. The van der Waals surface area contributed by atoms with E-state index in [1.165, 1.54) is 0 Å². The Morgan fingerprint density at radius 3 is 2.52 bits per heavy atom. The Balaban J connectivity index is 2.40. The third-order valence-electron chi connectivity index (χ3n) is 3.22. The average molecular weight is 380 g/mol. The van der Waals surface area contributed by atoms with Gasteiger partial charge in [0.2, 0.25) is 5.91 Å². The summed E-state index contributed by atoms with van der Waals surface area (Å²) in [6, 6.07) is 7.05. The van der Waals surface area contributed by atoms with Gasteiger partial charge >= 0.3 is 5.97 Å². The van der Waals surface area contributed by atoms with Crippen LogP contribution in [0.25, 0.3) is 0 Å². The average Bonchev–Trinajstić information content (AvgIpc) is 2.62. The van der Waals surface area contributed by atoms with Crippen molar-refractivity contribution in [1.29, 1.82) is 0 Å². The largest absolute Gasteiger partial charge is 0.480 e. The van der Waals surface area contributed by atoms with E-state index in [-0.39, 0.29) is 25.9 Å². The summed E-state index contributed by atoms with van der Waals surface area (Å²) < 4.78 is 0. The zero-order chi connectivity index (χ0) is 20.2. The fourth-order valence-electron chi connectivity index (χ4n) is 1.98. The number of rotatable bonds is 10. The van der Waals surface area contributed by atoms with Crippen molar-refractivity contribution in [2.75, 3.05) is 13.1 Å². The third kappa shape index (κ3) is 8.81. The minimum absolute atomic E-state index is 0.0307. The fraction of sp³-hybridized carbons (Fsp3) is 0.333. The van der Waals surface area contributed by atoms with Gasteiger partial charge in [0.15, 0.2) is 5.03 Å². The molecule has 0 saturated heterocycles. The second-order valence-electron chi connectivity index (χ2n) is 5.29. The third-order valence-corrected chi connectivity index (χ3v) is 3.22. The minimum Gasteiger partial charge on any atom is -0.480 e. The molecule has 1 rings (SSSR count). The van der Waals surface area contributed by atoms with E-state index in [0.717, 1.165) is 0 Å². The van der Waals surface area contributed by atoms with E-state index in [2.05, 4.69) is 15.6 Å². The molecular weight excluding hydrogens is 360 g/mol. The molecule has 12 heteroatoms. The number of carboxylic acid groups (broad SMARTS) is 1. The summed E-state index contributed by atoms with van der Waals surface area (Å²) >= 11 is 0. The maximum atomic E-state index is 11.8. The van der Waals surface area contributed by atoms with Gasteiger partial charge in [0.1, 0.15) is 6.04 Å². The molecule has 2 amide bonds. The number of hydrazine groups is 1. The molecule has 0 aliphatic carbocycles. The number of amides is 2. The standard InChI is InChI=1S/C15H20N6O6/c16-15(20-21(26)27)17-8-4-7-11(14(24)25)19-12(22)9-18-13(23)10-5-2-1-3-6-10/h1-3,5-6,11H,4,7-9H2,(H,18,23)(H,19,22)(H,24,25)(H3,16,17,20)/t11-/m1/s1. The minimum atomic E-state index is -1.25. The predicted octanol–water partition coefficient (Wildman–Crippen LogP) is -1.14. The van der Waals surface area contributed by atoms with Crippen LogP contribution >= 0.6 is 0 Å². The normalized spacial score (nSPS) is 11.9. The van der Waals surface area contributed by atoms with Crippen LogP contribution in [-0.2, 0) is 9.59 Å². The van der Waals surface area contributed by atoms with E-state index in [4.69, 9.17) is 10.8 Å². The van der Waals surface area contributed by atoms with Crippen LogP contribution < -0.4 is 21.8 Å². The van der Waals surface area contributed by atoms with Gasteiger partial charge in [0.05, 0.1) is 6.54 Å². The molecule has 0 saturated carbocycles. The second-order valence-corrected chi connectivity index (χ2v) is 5.29. The lowest BCUT2D eigenvalue weighted by atomic mass is 10.1. The Labute approximate surface area is 154 Å². The van der Waals surface area contributed by atoms with Crippen LogP contribution in [0.1, 0.15) is 23.2 Å². The van der Waals surface area contributed by atoms with Crippen molar-refractivity contribution in [2.24, 2.45) is 10.7 Å². The topological polar surface area (TPSA) is 189 Å². The van der Waals surface area contributed by atoms with Gasteiger partial charge in [-0.2, -0.15) is 0 Å². The highest BCUT2D eigenvalue weighted by Gasteiger charge is 2.19. The van der Waals surface area contributed by atoms with Gasteiger partial charge in [0, 0.05) is 12.1 Å². The molecule has 1 aromatic carbocycles. The molecule has 1 aromatic rings. The van der Waals surface area contributed by atoms with Crippen molar-refractivity contribution < 1.29 is 24.5 Å². The highest BCUT2D eigenvalue weighted by molar-refractivity contribution is 5.96. The number of carbonyl (C=O) groups is 3. The number of nitro groups is 1. The fourth-order valence-corrected chi connectivity index (χ4v) is 1.98. The summed E-state index contributed by atoms with van der Waals surface area (Å²) in [5.41, 5.74) is 7.24. The summed E-state index contributed by atoms with van der Waals surface area (Å²) in [6.45, 7) is -0.341. The van der Waals surface area contributed by atoms with Crippen LogP contribution in [0.15, 0.2) is 35.3 Å². The number of hydrogen-bond donors (Lipinski definition) is 5. The molecule has 12 nitrogen and oxygen atoms in total. The first-order valence-corrected chi connectivity index (χ1v) is 7.86. The summed E-state index contributed by atoms with van der Waals surface area (Å²) in [7, 11) is 0. The number of aliphatic imine (C=N–C) groups is 1. The molecule has 0 aromatic heterocycles. The number of nitrogens with two attached hydrogens (primary N) is 1. The number of carbonyl (C=O) groups excluding carboxylic acids is 2. The van der Waals surface area contributed by atoms with Gasteiger partial charge in [-0.15, -0.1) is 0 Å². The van der Waals surface area contributed by atoms with E-state index in [9.17, 15) is 24.5 Å². The molecule has 6 N–H and O–H groups in total. The number of guanidine groups is 1. The van der Waals surface area contributed by atoms with E-state index in [0.29, 0.717) is 5.56 Å². The van der Waals surface area contributed by atoms with Crippen LogP contribution in [0, 0.1) is 10.1 Å². The quantitative estimate of drug-likeness (QED) is 0.111. The first-order chi connectivity index (χ1) is 12.8. The molecule has 0 aliphatic heterocycles. The zero-order valence-electron chi connectivity index (χ0n) is 14.3. The summed E-state index contributed by atoms with van der Waals surface area (Å²) in [5, 5.41) is 23.1. The molecule has 0 aliphatic rings. The Kier molecular flexibility index (Phi) is 8.71. The maximum absolute atomic E-state index is 11.8. The number of nitrogens with zero attached hydrogens (tertiary/aromatic N) is 2. The predicted molar refractivity (Wildman–Crippen MR) is 94.2 cm³/mol. The lowest BCUT2D eigenvalue weighted by Gasteiger charge is -2.14. The number of aliphatic carboxylic acids is 1. The lowest BCUT2D eigenvalue weighted by molar-refractivity contribution is -0.525. The molecule has 0 unspecified atom stereocenters. The number of benzene rings is 1. The van der Waals surface area contributed by atoms with E-state index < -0.39 is 34.8 Å². The van der Waals surface area contributed by atoms with Gasteiger partial charge in [-0.1, -0.05) is 23.6 Å². The molecule has 27 heavy (non-hydrogen) atoms. The van der Waals surface area contributed by atoms with Gasteiger partial charge in [-0.05, 0) is 25.0 Å². The van der Waals surface area contributed by atoms with Gasteiger partial charge < -0.3 is 21.5 Å². The summed E-state index contributed by atoms with van der Waals surface area (Å²) in [5.74, 6) is -2.77. The first kappa shape index (κ1) is 21.3. The monoisotopic (exact) mass is 380 g/mol. The number of hydrogen-bond acceptors (Lipinski definition) is 6. The van der Waals surface area contributed by atoms with E-state index >= 15 is 0 Å². The Bertz CT molecular complexity index is 708. The Morgan fingerprint density at radius 2 is 1.93 bits per heavy atom. The SMILES string of the molecule is NC(=NCCC[C@@H](NC(=O)CNC(=O)c1ccccc1)C(=O)O)N[N+](=O)[O-]. The highest BCUT2D eigenvalue weighted by Crippen LogP contribution is 1.99. The van der Waals surface area contributed by atoms with Gasteiger partial charge in [-0.25, -0.2) is 19.9 Å². The van der Waals surface area contributed by atoms with Crippen molar-refractivity contribution in [3.63, 3.8) is 0 Å². The Morgan fingerprint density at radius 1 is 1.26 bits per heavy atom. The van der Waals surface area contributed by atoms with Crippen LogP contribution in [0.2, 0.25) is 0 Å². The van der Waals surface area contributed by atoms with Crippen molar-refractivity contribution in [3.05, 3.63) is 46.0 Å². The van der Waals surface area contributed by atoms with Crippen molar-refractivity contribution in [1.82, 2.24) is 16.1 Å². The van der Waals surface area contributed by atoms with Crippen LogP contribution in [0.4, 0.5) is 0 Å². The van der Waals surface area contributed by atoms with Crippen molar-refractivity contribution in [3.8, 4) is 0 Å². The highest BCUT2D eigenvalue weighted by atomic mass is 16.7. The van der Waals surface area contributed by atoms with E-state index in [1.807, 2.05) is 0 Å². The summed E-state index contributed by atoms with van der Waals surface area (Å²) in [6.07, 6.45) is 0.247. The molecule has 0 fully saturated rings. The zero-order valence-corrected chi connectivity index (χ0v) is 14.3. The summed E-state index contributed by atoms with van der Waals surface area (Å²) in [4.78, 5) is 48.7. The van der Waals surface area contributed by atoms with E-state index in [1.54, 1.807) is 35.8 Å². The van der Waals surface area contributed by atoms with Crippen LogP contribution in [-0.4, -0.2) is 53.0 Å². The molecule has 146 valence electrons. The second kappa shape index (κ2) is 11.0. The van der Waals surface area contributed by atoms with Crippen molar-refractivity contribution in [2.45, 2.75) is 18.9 Å². The maximum Gasteiger partial charge on any atom is 0.326 e. The number of carboxylic acids is 1. The molecule has 0 bridgehead atoms. The van der Waals surface area contributed by atoms with Crippen LogP contribution in [0.3, 0.4) is 0 Å². The van der Waals surface area contributed by atoms with Gasteiger partial charge in [0.25, 0.3) is 11.9 Å². The van der Waals surface area contributed by atoms with Crippen molar-refractivity contribution >= 4 is 23.7 Å². The molecule has 0 radical (unpaired) electrons. The Hall–Kier alpha value is -3.70. The molecule has 0 spiro atoms. The van der Waals surface area contributed by atoms with Crippen LogP contribution in [0.5, 0.6) is 0 Å². The number of nitrogens with one attached hydrogen (secondary N) is 3.